The van der Waals surface area contributed by atoms with Gasteiger partial charge in [0.1, 0.15) is 35.0 Å². The van der Waals surface area contributed by atoms with Crippen LogP contribution in [0.1, 0.15) is 0 Å². The molecule has 1 aliphatic rings. The fourth-order valence-electron chi connectivity index (χ4n) is 3.57. The minimum Gasteiger partial charge on any atom is -0.504 e. The van der Waals surface area contributed by atoms with Crippen molar-refractivity contribution < 1.29 is 49.0 Å². The highest BCUT2D eigenvalue weighted by molar-refractivity contribution is 5.89. The van der Waals surface area contributed by atoms with Crippen molar-refractivity contribution in [3.05, 3.63) is 52.7 Å². The molecule has 3 aromatic rings. The van der Waals surface area contributed by atoms with Crippen LogP contribution in [0.15, 0.2) is 51.7 Å². The fourth-order valence-corrected chi connectivity index (χ4v) is 3.57. The van der Waals surface area contributed by atoms with Gasteiger partial charge < -0.3 is 44.2 Å². The van der Waals surface area contributed by atoms with E-state index in [0.717, 1.165) is 0 Å². The van der Waals surface area contributed by atoms with E-state index in [1.165, 1.54) is 19.2 Å². The summed E-state index contributed by atoms with van der Waals surface area (Å²) in [5, 5.41) is 49.7. The zero-order valence-electron chi connectivity index (χ0n) is 17.1. The number of hydrogen-bond acceptors (Lipinski definition) is 10. The minimum absolute atomic E-state index is 0.0877. The number of aliphatic hydroxyl groups is 3. The molecular weight excluding hydrogens is 440 g/mol. The van der Waals surface area contributed by atoms with Gasteiger partial charge in [-0.1, -0.05) is 30.3 Å². The van der Waals surface area contributed by atoms with E-state index >= 15 is 0 Å². The molecule has 1 aliphatic heterocycles. The molecular formula is C22H20O11. The van der Waals surface area contributed by atoms with E-state index in [1.54, 1.807) is 30.3 Å². The van der Waals surface area contributed by atoms with Crippen molar-refractivity contribution in [2.45, 2.75) is 30.7 Å². The Kier molecular flexibility index (Phi) is 5.95. The number of carbonyl (C=O) groups is 1. The second kappa shape index (κ2) is 8.71. The summed E-state index contributed by atoms with van der Waals surface area (Å²) < 4.78 is 21.5. The fraction of sp³-hybridized carbons (Fsp3) is 0.273. The van der Waals surface area contributed by atoms with Crippen molar-refractivity contribution in [1.82, 2.24) is 0 Å². The second-order valence-electron chi connectivity index (χ2n) is 7.32. The number of carboxylic acids is 1. The quantitative estimate of drug-likeness (QED) is 0.357. The molecule has 2 heterocycles. The SMILES string of the molecule is COc1c(O[C@@H]2O[C@H](C(=O)O)[C@@H](O)[C@H](O)[C@H]2O)cc2oc(-c3ccccc3)cc(=O)c2c1O. The van der Waals surface area contributed by atoms with Gasteiger partial charge in [-0.05, 0) is 0 Å². The average molecular weight is 460 g/mol. The van der Waals surface area contributed by atoms with E-state index in [1.807, 2.05) is 0 Å². The number of aliphatic carboxylic acids is 1. The molecule has 11 nitrogen and oxygen atoms in total. The van der Waals surface area contributed by atoms with Crippen LogP contribution in [-0.2, 0) is 9.53 Å². The van der Waals surface area contributed by atoms with Crippen LogP contribution in [0.2, 0.25) is 0 Å². The molecule has 0 radical (unpaired) electrons. The highest BCUT2D eigenvalue weighted by Crippen LogP contribution is 2.43. The maximum absolute atomic E-state index is 12.7. The lowest BCUT2D eigenvalue weighted by molar-refractivity contribution is -0.271. The van der Waals surface area contributed by atoms with Gasteiger partial charge in [0.25, 0.3) is 0 Å². The molecule has 4 rings (SSSR count). The first-order chi connectivity index (χ1) is 15.7. The number of fused-ring (bicyclic) bond motifs is 1. The topological polar surface area (TPSA) is 176 Å². The van der Waals surface area contributed by atoms with Crippen LogP contribution in [0, 0.1) is 0 Å². The molecule has 5 N–H and O–H groups in total. The smallest absolute Gasteiger partial charge is 0.335 e. The lowest BCUT2D eigenvalue weighted by Crippen LogP contribution is -2.61. The number of ether oxygens (including phenoxy) is 3. The average Bonchev–Trinajstić information content (AvgIpc) is 2.79. The lowest BCUT2D eigenvalue weighted by atomic mass is 9.99. The van der Waals surface area contributed by atoms with Gasteiger partial charge in [0.15, 0.2) is 23.0 Å². The first-order valence-corrected chi connectivity index (χ1v) is 9.75. The van der Waals surface area contributed by atoms with E-state index in [2.05, 4.69) is 0 Å². The Morgan fingerprint density at radius 2 is 1.73 bits per heavy atom. The predicted molar refractivity (Wildman–Crippen MR) is 111 cm³/mol. The van der Waals surface area contributed by atoms with Crippen LogP contribution in [0.5, 0.6) is 17.2 Å². The normalized spacial score (nSPS) is 25.0. The number of hydrogen-bond donors (Lipinski definition) is 5. The first-order valence-electron chi connectivity index (χ1n) is 9.75. The molecule has 2 aromatic carbocycles. The van der Waals surface area contributed by atoms with Crippen LogP contribution < -0.4 is 14.9 Å². The third-order valence-corrected chi connectivity index (χ3v) is 5.23. The Balaban J connectivity index is 1.80. The molecule has 1 aromatic heterocycles. The molecule has 174 valence electrons. The van der Waals surface area contributed by atoms with Crippen molar-refractivity contribution >= 4 is 16.9 Å². The number of carboxylic acid groups (broad SMARTS) is 1. The number of phenols is 1. The van der Waals surface area contributed by atoms with Gasteiger partial charge in [-0.3, -0.25) is 4.79 Å². The van der Waals surface area contributed by atoms with E-state index < -0.39 is 47.9 Å². The van der Waals surface area contributed by atoms with E-state index in [4.69, 9.17) is 18.6 Å². The van der Waals surface area contributed by atoms with Gasteiger partial charge in [-0.15, -0.1) is 0 Å². The summed E-state index contributed by atoms with van der Waals surface area (Å²) in [7, 11) is 1.19. The van der Waals surface area contributed by atoms with E-state index in [9.17, 15) is 35.1 Å². The Hall–Kier alpha value is -3.64. The third kappa shape index (κ3) is 3.98. The van der Waals surface area contributed by atoms with Crippen LogP contribution in [-0.4, -0.2) is 69.3 Å². The first kappa shape index (κ1) is 22.6. The lowest BCUT2D eigenvalue weighted by Gasteiger charge is -2.38. The van der Waals surface area contributed by atoms with E-state index in [0.29, 0.717) is 5.56 Å². The van der Waals surface area contributed by atoms with Crippen molar-refractivity contribution in [2.75, 3.05) is 7.11 Å². The van der Waals surface area contributed by atoms with Crippen LogP contribution in [0.4, 0.5) is 0 Å². The summed E-state index contributed by atoms with van der Waals surface area (Å²) in [6.45, 7) is 0. The number of aromatic hydroxyl groups is 1. The molecule has 1 saturated heterocycles. The van der Waals surface area contributed by atoms with Crippen molar-refractivity contribution in [2.24, 2.45) is 0 Å². The molecule has 33 heavy (non-hydrogen) atoms. The molecule has 0 saturated carbocycles. The highest BCUT2D eigenvalue weighted by atomic mass is 16.7. The monoisotopic (exact) mass is 460 g/mol. The van der Waals surface area contributed by atoms with Gasteiger partial charge in [0.05, 0.1) is 7.11 Å². The predicted octanol–water partition coefficient (Wildman–Crippen LogP) is 0.445. The Morgan fingerprint density at radius 3 is 2.36 bits per heavy atom. The Labute approximate surface area is 185 Å². The van der Waals surface area contributed by atoms with Gasteiger partial charge in [0, 0.05) is 17.7 Å². The number of aliphatic hydroxyl groups excluding tert-OH is 3. The summed E-state index contributed by atoms with van der Waals surface area (Å²) in [6, 6.07) is 11.1. The Morgan fingerprint density at radius 1 is 1.03 bits per heavy atom. The van der Waals surface area contributed by atoms with Crippen molar-refractivity contribution in [3.63, 3.8) is 0 Å². The molecule has 0 amide bonds. The standard InChI is InChI=1S/C22H20O11/c1-30-19-13(32-22-18(27)16(25)17(26)20(33-22)21(28)29)8-12-14(15(19)24)10(23)7-11(31-12)9-5-3-2-4-6-9/h2-8,16-18,20,22,24-27H,1H3,(H,28,29)/t16-,17-,18+,20-,22+/m0/s1. The molecule has 5 atom stereocenters. The largest absolute Gasteiger partial charge is 0.504 e. The summed E-state index contributed by atoms with van der Waals surface area (Å²) in [5.74, 6) is -2.58. The summed E-state index contributed by atoms with van der Waals surface area (Å²) in [6.07, 6.45) is -9.31. The molecule has 1 fully saturated rings. The molecule has 11 heteroatoms. The van der Waals surface area contributed by atoms with Gasteiger partial charge >= 0.3 is 5.97 Å². The summed E-state index contributed by atoms with van der Waals surface area (Å²) in [4.78, 5) is 24.0. The minimum atomic E-state index is -1.91. The maximum Gasteiger partial charge on any atom is 0.335 e. The summed E-state index contributed by atoms with van der Waals surface area (Å²) >= 11 is 0. The third-order valence-electron chi connectivity index (χ3n) is 5.23. The molecule has 0 aliphatic carbocycles. The molecule has 0 unspecified atom stereocenters. The highest BCUT2D eigenvalue weighted by Gasteiger charge is 2.48. The van der Waals surface area contributed by atoms with Gasteiger partial charge in [-0.2, -0.15) is 0 Å². The second-order valence-corrected chi connectivity index (χ2v) is 7.32. The van der Waals surface area contributed by atoms with Gasteiger partial charge in [0.2, 0.25) is 12.0 Å². The molecule has 0 bridgehead atoms. The van der Waals surface area contributed by atoms with Crippen molar-refractivity contribution in [1.29, 1.82) is 0 Å². The number of rotatable bonds is 5. The van der Waals surface area contributed by atoms with Crippen molar-refractivity contribution in [3.8, 4) is 28.6 Å². The number of benzene rings is 2. The molecule has 0 spiro atoms. The maximum atomic E-state index is 12.7. The number of phenolic OH excluding ortho intramolecular Hbond substituents is 1. The van der Waals surface area contributed by atoms with Gasteiger partial charge in [-0.25, -0.2) is 4.79 Å². The Bertz CT molecular complexity index is 1240. The van der Waals surface area contributed by atoms with Crippen LogP contribution in [0.25, 0.3) is 22.3 Å². The number of methoxy groups -OCH3 is 1. The zero-order chi connectivity index (χ0) is 23.9. The zero-order valence-corrected chi connectivity index (χ0v) is 17.1. The van der Waals surface area contributed by atoms with E-state index in [-0.39, 0.29) is 28.2 Å². The van der Waals surface area contributed by atoms with Crippen LogP contribution >= 0.6 is 0 Å². The summed E-state index contributed by atoms with van der Waals surface area (Å²) in [5.41, 5.74) is -0.0482. The van der Waals surface area contributed by atoms with Crippen LogP contribution in [0.3, 0.4) is 0 Å².